The molecule has 3 heteroatoms. The van der Waals surface area contributed by atoms with E-state index in [0.29, 0.717) is 6.54 Å². The molecule has 1 heterocycles. The number of hydrogen-bond acceptors (Lipinski definition) is 2. The van der Waals surface area contributed by atoms with Crippen molar-refractivity contribution in [3.8, 4) is 10.4 Å². The van der Waals surface area contributed by atoms with Gasteiger partial charge >= 0.3 is 0 Å². The summed E-state index contributed by atoms with van der Waals surface area (Å²) >= 11 is 7.46. The molecule has 0 radical (unpaired) electrons. The van der Waals surface area contributed by atoms with Crippen LogP contribution in [0.2, 0.25) is 4.34 Å². The van der Waals surface area contributed by atoms with E-state index < -0.39 is 0 Å². The highest BCUT2D eigenvalue weighted by molar-refractivity contribution is 7.19. The van der Waals surface area contributed by atoms with Gasteiger partial charge in [0.05, 0.1) is 4.34 Å². The Kier molecular flexibility index (Phi) is 2.87. The largest absolute Gasteiger partial charge is 0.326 e. The minimum absolute atomic E-state index is 0.576. The van der Waals surface area contributed by atoms with Gasteiger partial charge in [-0.1, -0.05) is 29.8 Å². The first-order valence-electron chi connectivity index (χ1n) is 4.34. The van der Waals surface area contributed by atoms with E-state index in [-0.39, 0.29) is 0 Å². The molecule has 0 amide bonds. The quantitative estimate of drug-likeness (QED) is 0.828. The predicted octanol–water partition coefficient (Wildman–Crippen LogP) is 3.53. The zero-order valence-corrected chi connectivity index (χ0v) is 9.11. The molecule has 2 aromatic rings. The van der Waals surface area contributed by atoms with Crippen LogP contribution in [0.1, 0.15) is 5.56 Å². The predicted molar refractivity (Wildman–Crippen MR) is 62.7 cm³/mol. The number of halogens is 1. The van der Waals surface area contributed by atoms with E-state index in [1.165, 1.54) is 10.4 Å². The lowest BCUT2D eigenvalue weighted by atomic mass is 10.1. The molecule has 0 bridgehead atoms. The lowest BCUT2D eigenvalue weighted by Crippen LogP contribution is -1.95. The maximum absolute atomic E-state index is 5.88. The van der Waals surface area contributed by atoms with Crippen molar-refractivity contribution < 1.29 is 0 Å². The van der Waals surface area contributed by atoms with Gasteiger partial charge in [0, 0.05) is 11.4 Å². The number of hydrogen-bond donors (Lipinski definition) is 1. The van der Waals surface area contributed by atoms with Crippen LogP contribution in [0.25, 0.3) is 10.4 Å². The molecule has 0 aliphatic rings. The number of benzene rings is 1. The van der Waals surface area contributed by atoms with Crippen LogP contribution in [-0.2, 0) is 6.54 Å². The minimum atomic E-state index is 0.576. The Balaban J connectivity index is 2.41. The molecule has 0 aliphatic carbocycles. The fourth-order valence-corrected chi connectivity index (χ4v) is 2.36. The van der Waals surface area contributed by atoms with Gasteiger partial charge < -0.3 is 5.73 Å². The monoisotopic (exact) mass is 223 g/mol. The summed E-state index contributed by atoms with van der Waals surface area (Å²) in [7, 11) is 0. The van der Waals surface area contributed by atoms with Gasteiger partial charge in [0.1, 0.15) is 0 Å². The number of thiophene rings is 1. The van der Waals surface area contributed by atoms with Gasteiger partial charge in [-0.25, -0.2) is 0 Å². The van der Waals surface area contributed by atoms with Crippen LogP contribution >= 0.6 is 22.9 Å². The van der Waals surface area contributed by atoms with E-state index >= 15 is 0 Å². The highest BCUT2D eigenvalue weighted by atomic mass is 35.5. The normalized spacial score (nSPS) is 10.4. The van der Waals surface area contributed by atoms with Gasteiger partial charge in [0.25, 0.3) is 0 Å². The van der Waals surface area contributed by atoms with Gasteiger partial charge in [-0.05, 0) is 29.3 Å². The van der Waals surface area contributed by atoms with Crippen LogP contribution in [0.3, 0.4) is 0 Å². The van der Waals surface area contributed by atoms with E-state index in [9.17, 15) is 0 Å². The fourth-order valence-electron chi connectivity index (χ4n) is 1.32. The number of rotatable bonds is 2. The molecule has 0 atom stereocenters. The van der Waals surface area contributed by atoms with Crippen molar-refractivity contribution in [2.75, 3.05) is 0 Å². The van der Waals surface area contributed by atoms with Gasteiger partial charge in [-0.15, -0.1) is 11.3 Å². The average Bonchev–Trinajstić information content (AvgIpc) is 2.65. The summed E-state index contributed by atoms with van der Waals surface area (Å²) in [5.41, 5.74) is 7.91. The van der Waals surface area contributed by atoms with Crippen LogP contribution in [0, 0.1) is 0 Å². The Bertz CT molecular complexity index is 436. The fraction of sp³-hybridized carbons (Fsp3) is 0.0909. The molecule has 0 unspecified atom stereocenters. The van der Waals surface area contributed by atoms with Crippen LogP contribution in [0.15, 0.2) is 36.4 Å². The molecule has 0 aliphatic heterocycles. The Hall–Kier alpha value is -0.830. The Morgan fingerprint density at radius 3 is 2.71 bits per heavy atom. The molecule has 72 valence electrons. The first kappa shape index (κ1) is 9.71. The molecule has 0 spiro atoms. The van der Waals surface area contributed by atoms with E-state index in [0.717, 1.165) is 9.90 Å². The highest BCUT2D eigenvalue weighted by Gasteiger charge is 2.01. The topological polar surface area (TPSA) is 26.0 Å². The van der Waals surface area contributed by atoms with Crippen LogP contribution < -0.4 is 5.73 Å². The maximum atomic E-state index is 5.88. The first-order chi connectivity index (χ1) is 6.79. The molecular weight excluding hydrogens is 214 g/mol. The summed E-state index contributed by atoms with van der Waals surface area (Å²) < 4.78 is 0.818. The lowest BCUT2D eigenvalue weighted by molar-refractivity contribution is 1.07. The van der Waals surface area contributed by atoms with E-state index in [2.05, 4.69) is 12.1 Å². The number of nitrogens with two attached hydrogens (primary N) is 1. The van der Waals surface area contributed by atoms with Crippen molar-refractivity contribution in [1.82, 2.24) is 0 Å². The minimum Gasteiger partial charge on any atom is -0.326 e. The second-order valence-electron chi connectivity index (χ2n) is 3.01. The van der Waals surface area contributed by atoms with E-state index in [1.807, 2.05) is 24.3 Å². The molecule has 1 nitrogen and oxygen atoms in total. The average molecular weight is 224 g/mol. The Morgan fingerprint density at radius 2 is 2.07 bits per heavy atom. The zero-order valence-electron chi connectivity index (χ0n) is 7.53. The smallest absolute Gasteiger partial charge is 0.0934 e. The third-order valence-electron chi connectivity index (χ3n) is 2.02. The molecular formula is C11H10ClNS. The second kappa shape index (κ2) is 4.13. The van der Waals surface area contributed by atoms with Gasteiger partial charge in [-0.2, -0.15) is 0 Å². The molecule has 1 aromatic carbocycles. The lowest BCUT2D eigenvalue weighted by Gasteiger charge is -2.00. The van der Waals surface area contributed by atoms with Crippen molar-refractivity contribution >= 4 is 22.9 Å². The van der Waals surface area contributed by atoms with Crippen LogP contribution in [-0.4, -0.2) is 0 Å². The maximum Gasteiger partial charge on any atom is 0.0934 e. The summed E-state index contributed by atoms with van der Waals surface area (Å²) in [6.45, 7) is 0.576. The molecule has 0 saturated carbocycles. The molecule has 0 fully saturated rings. The first-order valence-corrected chi connectivity index (χ1v) is 5.54. The molecule has 14 heavy (non-hydrogen) atoms. The van der Waals surface area contributed by atoms with Crippen LogP contribution in [0.4, 0.5) is 0 Å². The van der Waals surface area contributed by atoms with Gasteiger partial charge in [0.2, 0.25) is 0 Å². The zero-order chi connectivity index (χ0) is 9.97. The summed E-state index contributed by atoms with van der Waals surface area (Å²) in [5, 5.41) is 0. The van der Waals surface area contributed by atoms with Crippen LogP contribution in [0.5, 0.6) is 0 Å². The molecule has 1 aromatic heterocycles. The SMILES string of the molecule is NCc1cccc(-c2ccc(Cl)s2)c1. The molecule has 0 saturated heterocycles. The van der Waals surface area contributed by atoms with Crippen molar-refractivity contribution in [2.45, 2.75) is 6.54 Å². The summed E-state index contributed by atoms with van der Waals surface area (Å²) in [5.74, 6) is 0. The summed E-state index contributed by atoms with van der Waals surface area (Å²) in [6, 6.07) is 12.2. The molecule has 2 rings (SSSR count). The van der Waals surface area contributed by atoms with Crippen molar-refractivity contribution in [1.29, 1.82) is 0 Å². The van der Waals surface area contributed by atoms with Gasteiger partial charge in [-0.3, -0.25) is 0 Å². The van der Waals surface area contributed by atoms with Crippen molar-refractivity contribution in [2.24, 2.45) is 5.73 Å². The summed E-state index contributed by atoms with van der Waals surface area (Å²) in [4.78, 5) is 1.19. The molecule has 2 N–H and O–H groups in total. The Labute approximate surface area is 92.1 Å². The third kappa shape index (κ3) is 1.98. The van der Waals surface area contributed by atoms with Crippen molar-refractivity contribution in [3.05, 3.63) is 46.3 Å². The third-order valence-corrected chi connectivity index (χ3v) is 3.30. The highest BCUT2D eigenvalue weighted by Crippen LogP contribution is 2.31. The van der Waals surface area contributed by atoms with Crippen molar-refractivity contribution in [3.63, 3.8) is 0 Å². The van der Waals surface area contributed by atoms with E-state index in [4.69, 9.17) is 17.3 Å². The Morgan fingerprint density at radius 1 is 1.21 bits per heavy atom. The standard InChI is InChI=1S/C11H10ClNS/c12-11-5-4-10(14-11)9-3-1-2-8(6-9)7-13/h1-6H,7,13H2. The van der Waals surface area contributed by atoms with Gasteiger partial charge in [0.15, 0.2) is 0 Å². The second-order valence-corrected chi connectivity index (χ2v) is 4.72. The summed E-state index contributed by atoms with van der Waals surface area (Å²) in [6.07, 6.45) is 0. The van der Waals surface area contributed by atoms with E-state index in [1.54, 1.807) is 11.3 Å².